The van der Waals surface area contributed by atoms with Crippen LogP contribution in [0, 0.1) is 6.92 Å². The van der Waals surface area contributed by atoms with Crippen LogP contribution in [0.5, 0.6) is 0 Å². The average Bonchev–Trinajstić information content (AvgIpc) is 3.09. The molecule has 0 saturated heterocycles. The van der Waals surface area contributed by atoms with Crippen LogP contribution in [0.1, 0.15) is 5.56 Å². The second-order valence-electron chi connectivity index (χ2n) is 5.01. The molecule has 0 unspecified atom stereocenters. The number of aryl methyl sites for hydroxylation is 1. The molecular formula is C17H13N3S. The van der Waals surface area contributed by atoms with Gasteiger partial charge in [0, 0.05) is 35.1 Å². The van der Waals surface area contributed by atoms with E-state index in [0.29, 0.717) is 0 Å². The molecule has 0 aliphatic carbocycles. The normalized spacial score (nSPS) is 11.1. The standard InChI is InChI=1S/C17H13N3S/c1-12-4-6-13(7-5-12)15-10-20-16(11-21-17(20)19-15)14-3-2-8-18-9-14/h2-11H,1H3. The molecule has 0 aliphatic rings. The number of hydrogen-bond acceptors (Lipinski definition) is 3. The van der Waals surface area contributed by atoms with Crippen molar-refractivity contribution in [1.82, 2.24) is 14.4 Å². The van der Waals surface area contributed by atoms with E-state index < -0.39 is 0 Å². The number of imidazole rings is 1. The lowest BCUT2D eigenvalue weighted by Crippen LogP contribution is -1.84. The van der Waals surface area contributed by atoms with Crippen LogP contribution in [0.25, 0.3) is 27.5 Å². The maximum absolute atomic E-state index is 4.72. The highest BCUT2D eigenvalue weighted by Gasteiger charge is 2.10. The minimum atomic E-state index is 1.00. The number of hydrogen-bond donors (Lipinski definition) is 0. The Kier molecular flexibility index (Phi) is 2.82. The van der Waals surface area contributed by atoms with Crippen molar-refractivity contribution in [2.75, 3.05) is 0 Å². The Bertz CT molecular complexity index is 889. The van der Waals surface area contributed by atoms with Gasteiger partial charge in [0.1, 0.15) is 0 Å². The van der Waals surface area contributed by atoms with Crippen molar-refractivity contribution in [2.24, 2.45) is 0 Å². The van der Waals surface area contributed by atoms with Crippen LogP contribution in [-0.4, -0.2) is 14.4 Å². The van der Waals surface area contributed by atoms with Crippen molar-refractivity contribution in [3.05, 3.63) is 65.9 Å². The third kappa shape index (κ3) is 2.14. The molecule has 0 N–H and O–H groups in total. The van der Waals surface area contributed by atoms with E-state index in [1.54, 1.807) is 17.5 Å². The quantitative estimate of drug-likeness (QED) is 0.547. The number of rotatable bonds is 2. The molecule has 1 aromatic carbocycles. The maximum atomic E-state index is 4.72. The van der Waals surface area contributed by atoms with Crippen LogP contribution in [0.2, 0.25) is 0 Å². The van der Waals surface area contributed by atoms with E-state index in [2.05, 4.69) is 58.2 Å². The highest BCUT2D eigenvalue weighted by Crippen LogP contribution is 2.28. The predicted molar refractivity (Wildman–Crippen MR) is 86.5 cm³/mol. The summed E-state index contributed by atoms with van der Waals surface area (Å²) in [5.41, 5.74) is 5.65. The molecule has 102 valence electrons. The van der Waals surface area contributed by atoms with Gasteiger partial charge in [0.2, 0.25) is 0 Å². The van der Waals surface area contributed by atoms with E-state index in [1.165, 1.54) is 5.56 Å². The zero-order chi connectivity index (χ0) is 14.2. The molecule has 3 heterocycles. The van der Waals surface area contributed by atoms with Crippen molar-refractivity contribution in [3.8, 4) is 22.5 Å². The minimum Gasteiger partial charge on any atom is -0.290 e. The third-order valence-corrected chi connectivity index (χ3v) is 4.35. The fourth-order valence-corrected chi connectivity index (χ4v) is 3.25. The zero-order valence-electron chi connectivity index (χ0n) is 11.5. The number of thiazole rings is 1. The van der Waals surface area contributed by atoms with Gasteiger partial charge in [-0.15, -0.1) is 11.3 Å². The molecule has 4 heteroatoms. The first kappa shape index (κ1) is 12.3. The molecule has 0 bridgehead atoms. The summed E-state index contributed by atoms with van der Waals surface area (Å²) in [5, 5.41) is 2.12. The number of benzene rings is 1. The molecular weight excluding hydrogens is 278 g/mol. The molecule has 0 amide bonds. The van der Waals surface area contributed by atoms with Gasteiger partial charge in [-0.05, 0) is 19.1 Å². The maximum Gasteiger partial charge on any atom is 0.194 e. The minimum absolute atomic E-state index is 1.00. The van der Waals surface area contributed by atoms with Crippen LogP contribution < -0.4 is 0 Å². The molecule has 0 fully saturated rings. The SMILES string of the molecule is Cc1ccc(-c2cn3c(-c4cccnc4)csc3n2)cc1. The van der Waals surface area contributed by atoms with Crippen molar-refractivity contribution >= 4 is 16.3 Å². The van der Waals surface area contributed by atoms with Crippen molar-refractivity contribution in [1.29, 1.82) is 0 Å². The molecule has 3 aromatic heterocycles. The Morgan fingerprint density at radius 1 is 1.05 bits per heavy atom. The molecule has 0 spiro atoms. The lowest BCUT2D eigenvalue weighted by Gasteiger charge is -1.98. The van der Waals surface area contributed by atoms with E-state index in [4.69, 9.17) is 4.98 Å². The second-order valence-corrected chi connectivity index (χ2v) is 5.84. The first-order valence-electron chi connectivity index (χ1n) is 6.75. The summed E-state index contributed by atoms with van der Waals surface area (Å²) in [6.07, 6.45) is 5.77. The Hall–Kier alpha value is -2.46. The van der Waals surface area contributed by atoms with Crippen LogP contribution >= 0.6 is 11.3 Å². The van der Waals surface area contributed by atoms with Gasteiger partial charge in [0.15, 0.2) is 4.96 Å². The number of nitrogens with zero attached hydrogens (tertiary/aromatic N) is 3. The van der Waals surface area contributed by atoms with Crippen LogP contribution in [0.15, 0.2) is 60.4 Å². The monoisotopic (exact) mass is 291 g/mol. The largest absolute Gasteiger partial charge is 0.290 e. The van der Waals surface area contributed by atoms with Gasteiger partial charge < -0.3 is 0 Å². The van der Waals surface area contributed by atoms with Gasteiger partial charge in [-0.2, -0.15) is 0 Å². The summed E-state index contributed by atoms with van der Waals surface area (Å²) in [5.74, 6) is 0. The van der Waals surface area contributed by atoms with E-state index in [1.807, 2.05) is 12.3 Å². The van der Waals surface area contributed by atoms with E-state index >= 15 is 0 Å². The zero-order valence-corrected chi connectivity index (χ0v) is 12.3. The van der Waals surface area contributed by atoms with E-state index in [-0.39, 0.29) is 0 Å². The molecule has 0 atom stereocenters. The smallest absolute Gasteiger partial charge is 0.194 e. The Morgan fingerprint density at radius 3 is 2.67 bits per heavy atom. The topological polar surface area (TPSA) is 30.2 Å². The number of aromatic nitrogens is 3. The molecule has 4 rings (SSSR count). The molecule has 21 heavy (non-hydrogen) atoms. The van der Waals surface area contributed by atoms with Crippen molar-refractivity contribution < 1.29 is 0 Å². The highest BCUT2D eigenvalue weighted by molar-refractivity contribution is 7.15. The van der Waals surface area contributed by atoms with E-state index in [0.717, 1.165) is 27.5 Å². The molecule has 0 saturated carbocycles. The van der Waals surface area contributed by atoms with Gasteiger partial charge in [-0.25, -0.2) is 4.98 Å². The van der Waals surface area contributed by atoms with Gasteiger partial charge in [0.25, 0.3) is 0 Å². The Balaban J connectivity index is 1.84. The number of pyridine rings is 1. The average molecular weight is 291 g/mol. The first-order valence-corrected chi connectivity index (χ1v) is 7.63. The predicted octanol–water partition coefficient (Wildman–Crippen LogP) is 4.43. The molecule has 4 aromatic rings. The van der Waals surface area contributed by atoms with Gasteiger partial charge in [-0.1, -0.05) is 29.8 Å². The Labute approximate surface area is 126 Å². The Morgan fingerprint density at radius 2 is 1.90 bits per heavy atom. The molecule has 0 radical (unpaired) electrons. The summed E-state index contributed by atoms with van der Waals surface area (Å²) in [7, 11) is 0. The van der Waals surface area contributed by atoms with Crippen molar-refractivity contribution in [3.63, 3.8) is 0 Å². The summed E-state index contributed by atoms with van der Waals surface area (Å²) in [6.45, 7) is 2.09. The highest BCUT2D eigenvalue weighted by atomic mass is 32.1. The summed E-state index contributed by atoms with van der Waals surface area (Å²) < 4.78 is 2.14. The van der Waals surface area contributed by atoms with Crippen LogP contribution in [0.4, 0.5) is 0 Å². The lowest BCUT2D eigenvalue weighted by atomic mass is 10.1. The second kappa shape index (κ2) is 4.82. The van der Waals surface area contributed by atoms with Crippen molar-refractivity contribution in [2.45, 2.75) is 6.92 Å². The molecule has 0 aliphatic heterocycles. The summed E-state index contributed by atoms with van der Waals surface area (Å²) >= 11 is 1.65. The summed E-state index contributed by atoms with van der Waals surface area (Å²) in [4.78, 5) is 9.92. The fourth-order valence-electron chi connectivity index (χ4n) is 2.37. The molecule has 3 nitrogen and oxygen atoms in total. The number of fused-ring (bicyclic) bond motifs is 1. The first-order chi connectivity index (χ1) is 10.3. The van der Waals surface area contributed by atoms with Gasteiger partial charge in [-0.3, -0.25) is 9.38 Å². The van der Waals surface area contributed by atoms with Crippen LogP contribution in [-0.2, 0) is 0 Å². The third-order valence-electron chi connectivity index (χ3n) is 3.51. The van der Waals surface area contributed by atoms with Crippen LogP contribution in [0.3, 0.4) is 0 Å². The van der Waals surface area contributed by atoms with Gasteiger partial charge in [0.05, 0.1) is 11.4 Å². The van der Waals surface area contributed by atoms with E-state index in [9.17, 15) is 0 Å². The lowest BCUT2D eigenvalue weighted by molar-refractivity contribution is 1.22. The summed E-state index contributed by atoms with van der Waals surface area (Å²) in [6, 6.07) is 12.5. The van der Waals surface area contributed by atoms with Gasteiger partial charge >= 0.3 is 0 Å². The fraction of sp³-hybridized carbons (Fsp3) is 0.0588.